The second-order valence-corrected chi connectivity index (χ2v) is 7.65. The zero-order valence-corrected chi connectivity index (χ0v) is 12.7. The van der Waals surface area contributed by atoms with Gasteiger partial charge in [-0.3, -0.25) is 4.28 Å². The van der Waals surface area contributed by atoms with Gasteiger partial charge in [-0.15, -0.1) is 0 Å². The summed E-state index contributed by atoms with van der Waals surface area (Å²) >= 11 is 0. The number of oxime groups is 1. The lowest BCUT2D eigenvalue weighted by Crippen LogP contribution is -2.38. The largest absolute Gasteiger partial charge is 0.536 e. The highest BCUT2D eigenvalue weighted by atomic mass is 32.2. The molecule has 0 aliphatic heterocycles. The third-order valence-corrected chi connectivity index (χ3v) is 4.26. The van der Waals surface area contributed by atoms with E-state index >= 15 is 0 Å². The van der Waals surface area contributed by atoms with Crippen LogP contribution in [0.25, 0.3) is 0 Å². The monoisotopic (exact) mass is 381 g/mol. The molecule has 0 heterocycles. The Kier molecular flexibility index (Phi) is 5.06. The van der Waals surface area contributed by atoms with Gasteiger partial charge in [0.05, 0.1) is 0 Å². The second kappa shape index (κ2) is 6.03. The van der Waals surface area contributed by atoms with E-state index in [4.69, 9.17) is 0 Å². The predicted octanol–water partition coefficient (Wildman–Crippen LogP) is 1.89. The highest BCUT2D eigenvalue weighted by Crippen LogP contribution is 2.29. The Morgan fingerprint density at radius 1 is 1.00 bits per heavy atom. The Morgan fingerprint density at radius 2 is 1.48 bits per heavy atom. The number of hydrogen-bond acceptors (Lipinski definition) is 6. The number of halogens is 5. The van der Waals surface area contributed by atoms with Crippen molar-refractivity contribution in [1.29, 1.82) is 0 Å². The highest BCUT2D eigenvalue weighted by molar-refractivity contribution is 7.92. The van der Waals surface area contributed by atoms with Gasteiger partial charge < -0.3 is 0 Å². The van der Waals surface area contributed by atoms with E-state index in [1.807, 2.05) is 0 Å². The van der Waals surface area contributed by atoms with Crippen molar-refractivity contribution >= 4 is 25.7 Å². The fraction of sp³-hybridized carbons (Fsp3) is 0.300. The van der Waals surface area contributed by atoms with Crippen molar-refractivity contribution in [2.24, 2.45) is 5.16 Å². The normalized spacial score (nSPS) is 14.6. The summed E-state index contributed by atoms with van der Waals surface area (Å²) in [4.78, 5) is 0. The van der Waals surface area contributed by atoms with Crippen LogP contribution in [-0.2, 0) is 24.2 Å². The molecule has 0 N–H and O–H groups in total. The van der Waals surface area contributed by atoms with Gasteiger partial charge in [0.1, 0.15) is 0 Å². The maximum absolute atomic E-state index is 13.9. The summed E-state index contributed by atoms with van der Waals surface area (Å²) in [6, 6.07) is 5.43. The SMILES string of the molecule is CS(=O)(=O)C(F)(F)C(=NOS(=O)(=O)C(F)(F)F)c1ccccc1. The van der Waals surface area contributed by atoms with Crippen molar-refractivity contribution in [2.75, 3.05) is 6.26 Å². The minimum Gasteiger partial charge on any atom is -0.261 e. The van der Waals surface area contributed by atoms with Crippen molar-refractivity contribution in [3.8, 4) is 0 Å². The van der Waals surface area contributed by atoms with Crippen LogP contribution in [0, 0.1) is 0 Å². The highest BCUT2D eigenvalue weighted by Gasteiger charge is 2.51. The molecule has 1 aromatic rings. The van der Waals surface area contributed by atoms with Crippen LogP contribution in [-0.4, -0.2) is 39.6 Å². The summed E-state index contributed by atoms with van der Waals surface area (Å²) in [6.07, 6.45) is 0.101. The zero-order valence-electron chi connectivity index (χ0n) is 11.1. The first-order valence-electron chi connectivity index (χ1n) is 5.41. The van der Waals surface area contributed by atoms with Crippen molar-refractivity contribution in [2.45, 2.75) is 10.8 Å². The lowest BCUT2D eigenvalue weighted by Gasteiger charge is -2.16. The van der Waals surface area contributed by atoms with E-state index in [2.05, 4.69) is 9.44 Å². The van der Waals surface area contributed by atoms with Gasteiger partial charge in [0.25, 0.3) is 0 Å². The molecule has 0 spiro atoms. The third-order valence-electron chi connectivity index (χ3n) is 2.30. The van der Waals surface area contributed by atoms with Gasteiger partial charge in [0.2, 0.25) is 9.84 Å². The molecule has 0 atom stereocenters. The molecule has 0 saturated heterocycles. The summed E-state index contributed by atoms with van der Waals surface area (Å²) in [5.41, 5.74) is -8.35. The average molecular weight is 381 g/mol. The molecule has 1 aromatic carbocycles. The maximum Gasteiger partial charge on any atom is 0.536 e. The maximum atomic E-state index is 13.9. The summed E-state index contributed by atoms with van der Waals surface area (Å²) in [5, 5.41) is -2.53. The Morgan fingerprint density at radius 3 is 1.87 bits per heavy atom. The first kappa shape index (κ1) is 19.3. The molecule has 0 amide bonds. The number of alkyl halides is 5. The van der Waals surface area contributed by atoms with E-state index in [1.54, 1.807) is 0 Å². The van der Waals surface area contributed by atoms with Gasteiger partial charge in [-0.2, -0.15) is 30.4 Å². The molecule has 0 fully saturated rings. The van der Waals surface area contributed by atoms with Crippen molar-refractivity contribution in [3.05, 3.63) is 35.9 Å². The molecular formula is C10H8F5NO5S2. The molecule has 130 valence electrons. The molecule has 6 nitrogen and oxygen atoms in total. The first-order chi connectivity index (χ1) is 10.2. The van der Waals surface area contributed by atoms with Crippen LogP contribution in [0.15, 0.2) is 35.5 Å². The van der Waals surface area contributed by atoms with Crippen molar-refractivity contribution < 1.29 is 43.1 Å². The number of hydrogen-bond donors (Lipinski definition) is 0. The number of nitrogens with zero attached hydrogens (tertiary/aromatic N) is 1. The molecular weight excluding hydrogens is 373 g/mol. The Hall–Kier alpha value is -1.76. The minimum atomic E-state index is -6.32. The average Bonchev–Trinajstić information content (AvgIpc) is 2.37. The number of sulfone groups is 1. The van der Waals surface area contributed by atoms with E-state index < -0.39 is 42.0 Å². The lowest BCUT2D eigenvalue weighted by atomic mass is 10.1. The second-order valence-electron chi connectivity index (χ2n) is 4.07. The molecule has 0 unspecified atom stereocenters. The molecule has 13 heteroatoms. The Balaban J connectivity index is 3.47. The van der Waals surface area contributed by atoms with Crippen LogP contribution in [0.4, 0.5) is 22.0 Å². The predicted molar refractivity (Wildman–Crippen MR) is 68.8 cm³/mol. The molecule has 0 radical (unpaired) electrons. The number of rotatable bonds is 5. The third kappa shape index (κ3) is 4.16. The van der Waals surface area contributed by atoms with Crippen LogP contribution in [0.3, 0.4) is 0 Å². The standard InChI is InChI=1S/C10H8F5NO5S2/c1-22(17,18)9(11,12)8(7-5-3-2-4-6-7)16-21-23(19,20)10(13,14)15/h2-6H,1H3. The van der Waals surface area contributed by atoms with Gasteiger partial charge in [0, 0.05) is 11.8 Å². The van der Waals surface area contributed by atoms with Gasteiger partial charge in [-0.1, -0.05) is 35.5 Å². The summed E-state index contributed by atoms with van der Waals surface area (Å²) in [5.74, 6) is 0. The van der Waals surface area contributed by atoms with Crippen LogP contribution < -0.4 is 0 Å². The Bertz CT molecular complexity index is 800. The van der Waals surface area contributed by atoms with E-state index in [-0.39, 0.29) is 6.26 Å². The first-order valence-corrected chi connectivity index (χ1v) is 8.71. The van der Waals surface area contributed by atoms with Crippen LogP contribution >= 0.6 is 0 Å². The van der Waals surface area contributed by atoms with Crippen LogP contribution in [0.5, 0.6) is 0 Å². The summed E-state index contributed by atoms with van der Waals surface area (Å²) in [7, 11) is -11.5. The van der Waals surface area contributed by atoms with Crippen LogP contribution in [0.2, 0.25) is 0 Å². The van der Waals surface area contributed by atoms with Gasteiger partial charge >= 0.3 is 20.9 Å². The molecule has 0 aliphatic carbocycles. The van der Waals surface area contributed by atoms with E-state index in [0.29, 0.717) is 0 Å². The van der Waals surface area contributed by atoms with E-state index in [9.17, 15) is 38.8 Å². The Labute approximate surface area is 127 Å². The van der Waals surface area contributed by atoms with Crippen LogP contribution in [0.1, 0.15) is 5.56 Å². The molecule has 0 aromatic heterocycles. The lowest BCUT2D eigenvalue weighted by molar-refractivity contribution is -0.0542. The summed E-state index contributed by atoms with van der Waals surface area (Å²) < 4.78 is 111. The van der Waals surface area contributed by atoms with Gasteiger partial charge in [0.15, 0.2) is 5.71 Å². The van der Waals surface area contributed by atoms with Gasteiger partial charge in [-0.05, 0) is 0 Å². The zero-order chi connectivity index (χ0) is 18.1. The topological polar surface area (TPSA) is 89.9 Å². The summed E-state index contributed by atoms with van der Waals surface area (Å²) in [6.45, 7) is 0. The van der Waals surface area contributed by atoms with Crippen molar-refractivity contribution in [1.82, 2.24) is 0 Å². The van der Waals surface area contributed by atoms with E-state index in [0.717, 1.165) is 24.3 Å². The molecule has 1 rings (SSSR count). The van der Waals surface area contributed by atoms with E-state index in [1.165, 1.54) is 6.07 Å². The fourth-order valence-corrected chi connectivity index (χ4v) is 1.94. The van der Waals surface area contributed by atoms with Crippen molar-refractivity contribution in [3.63, 3.8) is 0 Å². The number of benzene rings is 1. The molecule has 0 saturated carbocycles. The molecule has 0 bridgehead atoms. The molecule has 0 aliphatic rings. The smallest absolute Gasteiger partial charge is 0.261 e. The quantitative estimate of drug-likeness (QED) is 0.336. The fourth-order valence-electron chi connectivity index (χ4n) is 1.17. The van der Waals surface area contributed by atoms with Gasteiger partial charge in [-0.25, -0.2) is 8.42 Å². The minimum absolute atomic E-state index is 0.101. The molecule has 23 heavy (non-hydrogen) atoms.